The van der Waals surface area contributed by atoms with E-state index in [0.717, 1.165) is 5.56 Å². The number of nitrogens with one attached hydrogen (secondary N) is 2. The fourth-order valence-corrected chi connectivity index (χ4v) is 1.60. The first-order chi connectivity index (χ1) is 8.38. The summed E-state index contributed by atoms with van der Waals surface area (Å²) in [5, 5.41) is 6.27. The lowest BCUT2D eigenvalue weighted by Crippen LogP contribution is -2.38. The van der Waals surface area contributed by atoms with Gasteiger partial charge in [-0.3, -0.25) is 9.78 Å². The van der Waals surface area contributed by atoms with Crippen LogP contribution in [0.2, 0.25) is 0 Å². The van der Waals surface area contributed by atoms with Crippen molar-refractivity contribution in [2.75, 3.05) is 6.54 Å². The summed E-state index contributed by atoms with van der Waals surface area (Å²) >= 11 is 0. The van der Waals surface area contributed by atoms with Crippen LogP contribution in [0.1, 0.15) is 45.7 Å². The Hall–Kier alpha value is -1.42. The van der Waals surface area contributed by atoms with Gasteiger partial charge in [-0.15, -0.1) is 0 Å². The molecule has 0 aliphatic rings. The molecule has 0 radical (unpaired) electrons. The first-order valence-electron chi connectivity index (χ1n) is 6.33. The molecule has 0 aromatic carbocycles. The van der Waals surface area contributed by atoms with Crippen LogP contribution in [0, 0.1) is 0 Å². The van der Waals surface area contributed by atoms with E-state index >= 15 is 0 Å². The molecule has 0 aliphatic carbocycles. The highest BCUT2D eigenvalue weighted by Crippen LogP contribution is 2.10. The van der Waals surface area contributed by atoms with Gasteiger partial charge in [0.1, 0.15) is 0 Å². The van der Waals surface area contributed by atoms with Crippen LogP contribution in [0.25, 0.3) is 0 Å². The van der Waals surface area contributed by atoms with Gasteiger partial charge in [-0.1, -0.05) is 0 Å². The molecule has 0 spiro atoms. The second-order valence-corrected chi connectivity index (χ2v) is 5.50. The quantitative estimate of drug-likeness (QED) is 0.839. The number of pyridine rings is 1. The van der Waals surface area contributed by atoms with E-state index in [-0.39, 0.29) is 17.5 Å². The van der Waals surface area contributed by atoms with Crippen molar-refractivity contribution in [3.05, 3.63) is 30.1 Å². The van der Waals surface area contributed by atoms with E-state index in [1.807, 2.05) is 19.1 Å². The molecule has 1 heterocycles. The lowest BCUT2D eigenvalue weighted by molar-refractivity contribution is -0.121. The largest absolute Gasteiger partial charge is 0.350 e. The third-order valence-electron chi connectivity index (χ3n) is 2.59. The van der Waals surface area contributed by atoms with Crippen LogP contribution in [0.15, 0.2) is 24.5 Å². The summed E-state index contributed by atoms with van der Waals surface area (Å²) in [4.78, 5) is 15.7. The van der Waals surface area contributed by atoms with Crippen LogP contribution in [0.5, 0.6) is 0 Å². The molecule has 0 aliphatic heterocycles. The van der Waals surface area contributed by atoms with E-state index < -0.39 is 0 Å². The maximum Gasteiger partial charge on any atom is 0.221 e. The van der Waals surface area contributed by atoms with E-state index in [9.17, 15) is 4.79 Å². The molecule has 0 saturated heterocycles. The number of aromatic nitrogens is 1. The Morgan fingerprint density at radius 1 is 1.33 bits per heavy atom. The average molecular weight is 249 g/mol. The van der Waals surface area contributed by atoms with Gasteiger partial charge in [0.2, 0.25) is 5.91 Å². The molecule has 4 heteroatoms. The van der Waals surface area contributed by atoms with E-state index in [2.05, 4.69) is 36.4 Å². The molecule has 18 heavy (non-hydrogen) atoms. The van der Waals surface area contributed by atoms with Crippen molar-refractivity contribution < 1.29 is 4.79 Å². The van der Waals surface area contributed by atoms with Gasteiger partial charge in [0, 0.05) is 30.9 Å². The van der Waals surface area contributed by atoms with Gasteiger partial charge in [-0.05, 0) is 45.4 Å². The van der Waals surface area contributed by atoms with Gasteiger partial charge < -0.3 is 10.6 Å². The second kappa shape index (κ2) is 6.50. The third-order valence-corrected chi connectivity index (χ3v) is 2.59. The second-order valence-electron chi connectivity index (χ2n) is 5.50. The molecule has 0 bridgehead atoms. The van der Waals surface area contributed by atoms with Gasteiger partial charge in [0.25, 0.3) is 0 Å². The number of nitrogens with zero attached hydrogens (tertiary/aromatic N) is 1. The number of hydrogen-bond donors (Lipinski definition) is 2. The molecule has 4 nitrogen and oxygen atoms in total. The zero-order valence-corrected chi connectivity index (χ0v) is 11.7. The molecule has 1 aromatic rings. The van der Waals surface area contributed by atoms with Gasteiger partial charge in [-0.2, -0.15) is 0 Å². The first-order valence-corrected chi connectivity index (χ1v) is 6.33. The Bertz CT molecular complexity index is 370. The molecule has 1 unspecified atom stereocenters. The van der Waals surface area contributed by atoms with E-state index in [0.29, 0.717) is 13.0 Å². The molecule has 1 amide bonds. The van der Waals surface area contributed by atoms with Crippen molar-refractivity contribution in [2.45, 2.75) is 45.7 Å². The number of hydrogen-bond acceptors (Lipinski definition) is 3. The van der Waals surface area contributed by atoms with Gasteiger partial charge in [0.05, 0.1) is 6.04 Å². The standard InChI is InChI=1S/C14H23N3O/c1-11(12-5-8-15-9-6-12)17-13(18)7-10-16-14(2,3)4/h5-6,8-9,11,16H,7,10H2,1-4H3,(H,17,18). The molecular formula is C14H23N3O. The van der Waals surface area contributed by atoms with Crippen LogP contribution in [0.3, 0.4) is 0 Å². The van der Waals surface area contributed by atoms with Crippen LogP contribution >= 0.6 is 0 Å². The molecule has 1 aromatic heterocycles. The SMILES string of the molecule is CC(NC(=O)CCNC(C)(C)C)c1ccncc1. The smallest absolute Gasteiger partial charge is 0.221 e. The Morgan fingerprint density at radius 2 is 1.94 bits per heavy atom. The predicted octanol–water partition coefficient (Wildman–Crippen LogP) is 2.04. The topological polar surface area (TPSA) is 54.0 Å². The fourth-order valence-electron chi connectivity index (χ4n) is 1.60. The summed E-state index contributed by atoms with van der Waals surface area (Å²) in [6.07, 6.45) is 3.96. The van der Waals surface area contributed by atoms with E-state index in [4.69, 9.17) is 0 Å². The van der Waals surface area contributed by atoms with Gasteiger partial charge in [-0.25, -0.2) is 0 Å². The monoisotopic (exact) mass is 249 g/mol. The summed E-state index contributed by atoms with van der Waals surface area (Å²) in [7, 11) is 0. The maximum atomic E-state index is 11.7. The van der Waals surface area contributed by atoms with Crippen molar-refractivity contribution in [1.29, 1.82) is 0 Å². The summed E-state index contributed by atoms with van der Waals surface area (Å²) in [6.45, 7) is 8.93. The van der Waals surface area contributed by atoms with Gasteiger partial charge >= 0.3 is 0 Å². The van der Waals surface area contributed by atoms with Crippen molar-refractivity contribution >= 4 is 5.91 Å². The third kappa shape index (κ3) is 5.77. The molecule has 1 rings (SSSR count). The Kier molecular flexibility index (Phi) is 5.28. The molecule has 100 valence electrons. The molecule has 2 N–H and O–H groups in total. The lowest BCUT2D eigenvalue weighted by Gasteiger charge is -2.20. The minimum atomic E-state index is 0.0233. The fraction of sp³-hybridized carbons (Fsp3) is 0.571. The predicted molar refractivity (Wildman–Crippen MR) is 73.2 cm³/mol. The normalized spacial score (nSPS) is 13.1. The highest BCUT2D eigenvalue weighted by atomic mass is 16.1. The van der Waals surface area contributed by atoms with Crippen molar-refractivity contribution in [3.8, 4) is 0 Å². The highest BCUT2D eigenvalue weighted by molar-refractivity contribution is 5.76. The molecular weight excluding hydrogens is 226 g/mol. The summed E-state index contributed by atoms with van der Waals surface area (Å²) in [5.41, 5.74) is 1.12. The summed E-state index contributed by atoms with van der Waals surface area (Å²) in [5.74, 6) is 0.0658. The summed E-state index contributed by atoms with van der Waals surface area (Å²) < 4.78 is 0. The van der Waals surface area contributed by atoms with Crippen molar-refractivity contribution in [3.63, 3.8) is 0 Å². The Balaban J connectivity index is 2.32. The zero-order chi connectivity index (χ0) is 13.6. The first kappa shape index (κ1) is 14.6. The number of carbonyl (C=O) groups excluding carboxylic acids is 1. The van der Waals surface area contributed by atoms with Crippen LogP contribution < -0.4 is 10.6 Å². The number of rotatable bonds is 5. The van der Waals surface area contributed by atoms with Crippen LogP contribution in [-0.4, -0.2) is 23.0 Å². The summed E-state index contributed by atoms with van der Waals surface area (Å²) in [6, 6.07) is 3.85. The zero-order valence-electron chi connectivity index (χ0n) is 11.7. The highest BCUT2D eigenvalue weighted by Gasteiger charge is 2.11. The molecule has 1 atom stereocenters. The van der Waals surface area contributed by atoms with E-state index in [1.54, 1.807) is 12.4 Å². The average Bonchev–Trinajstić information content (AvgIpc) is 2.28. The van der Waals surface area contributed by atoms with Crippen molar-refractivity contribution in [1.82, 2.24) is 15.6 Å². The molecule has 0 fully saturated rings. The minimum absolute atomic E-state index is 0.0233. The lowest BCUT2D eigenvalue weighted by atomic mass is 10.1. The van der Waals surface area contributed by atoms with Gasteiger partial charge in [0.15, 0.2) is 0 Å². The number of carbonyl (C=O) groups is 1. The maximum absolute atomic E-state index is 11.7. The molecule has 0 saturated carbocycles. The van der Waals surface area contributed by atoms with E-state index in [1.165, 1.54) is 0 Å². The number of amides is 1. The Morgan fingerprint density at radius 3 is 2.50 bits per heavy atom. The van der Waals surface area contributed by atoms with Crippen molar-refractivity contribution in [2.24, 2.45) is 0 Å². The minimum Gasteiger partial charge on any atom is -0.350 e. The Labute approximate surface area is 109 Å². The van der Waals surface area contributed by atoms with Crippen LogP contribution in [-0.2, 0) is 4.79 Å². The van der Waals surface area contributed by atoms with Crippen LogP contribution in [0.4, 0.5) is 0 Å².